The molecule has 0 saturated carbocycles. The standard InChI is InChI=1S/C21H26N4O3/c1-13-11-17(26)24-18(22-13)14-7-5-8-15(12-14)23-19(27)16-9-6-10-25(16)20(28)21(2,3)4/h5,7-8,11-12,16H,6,9-10H2,1-4H3,(H,23,27)(H,22,24,26). The van der Waals surface area contributed by atoms with Crippen LogP contribution in [0.4, 0.5) is 5.69 Å². The first-order valence-corrected chi connectivity index (χ1v) is 9.45. The van der Waals surface area contributed by atoms with Crippen LogP contribution >= 0.6 is 0 Å². The number of aromatic amines is 1. The zero-order chi connectivity index (χ0) is 20.5. The van der Waals surface area contributed by atoms with E-state index < -0.39 is 11.5 Å². The van der Waals surface area contributed by atoms with E-state index in [1.54, 1.807) is 30.0 Å². The molecule has 2 amide bonds. The minimum absolute atomic E-state index is 0.0135. The molecule has 1 saturated heterocycles. The van der Waals surface area contributed by atoms with Gasteiger partial charge in [0.25, 0.3) is 5.56 Å². The smallest absolute Gasteiger partial charge is 0.251 e. The Kier molecular flexibility index (Phi) is 5.36. The summed E-state index contributed by atoms with van der Waals surface area (Å²) in [6.07, 6.45) is 1.47. The van der Waals surface area contributed by atoms with Gasteiger partial charge in [-0.15, -0.1) is 0 Å². The largest absolute Gasteiger partial charge is 0.330 e. The predicted molar refractivity (Wildman–Crippen MR) is 108 cm³/mol. The van der Waals surface area contributed by atoms with Crippen LogP contribution in [-0.2, 0) is 9.59 Å². The lowest BCUT2D eigenvalue weighted by atomic mass is 9.94. The SMILES string of the molecule is Cc1cc(=O)[nH]c(-c2cccc(NC(=O)C3CCCN3C(=O)C(C)(C)C)c2)n1. The highest BCUT2D eigenvalue weighted by molar-refractivity contribution is 5.98. The maximum Gasteiger partial charge on any atom is 0.251 e. The number of hydrogen-bond donors (Lipinski definition) is 2. The molecule has 1 fully saturated rings. The molecule has 0 spiro atoms. The Hall–Kier alpha value is -2.96. The lowest BCUT2D eigenvalue weighted by molar-refractivity contribution is -0.143. The molecule has 1 aliphatic heterocycles. The molecule has 0 radical (unpaired) electrons. The molecular formula is C21H26N4O3. The van der Waals surface area contributed by atoms with Crippen molar-refractivity contribution in [1.29, 1.82) is 0 Å². The second-order valence-corrected chi connectivity index (χ2v) is 8.21. The molecule has 1 aromatic carbocycles. The van der Waals surface area contributed by atoms with Gasteiger partial charge in [0.2, 0.25) is 11.8 Å². The number of hydrogen-bond acceptors (Lipinski definition) is 4. The summed E-state index contributed by atoms with van der Waals surface area (Å²) in [6.45, 7) is 7.94. The summed E-state index contributed by atoms with van der Waals surface area (Å²) in [5.41, 5.74) is 1.18. The Morgan fingerprint density at radius 1 is 1.25 bits per heavy atom. The van der Waals surface area contributed by atoms with Crippen molar-refractivity contribution >= 4 is 17.5 Å². The Morgan fingerprint density at radius 2 is 2.00 bits per heavy atom. The van der Waals surface area contributed by atoms with Gasteiger partial charge < -0.3 is 15.2 Å². The summed E-state index contributed by atoms with van der Waals surface area (Å²) in [5, 5.41) is 2.91. The van der Waals surface area contributed by atoms with E-state index in [9.17, 15) is 14.4 Å². The predicted octanol–water partition coefficient (Wildman–Crippen LogP) is 2.72. The number of anilines is 1. The number of likely N-dealkylation sites (tertiary alicyclic amines) is 1. The number of carbonyl (C=O) groups is 2. The van der Waals surface area contributed by atoms with Crippen molar-refractivity contribution in [2.75, 3.05) is 11.9 Å². The van der Waals surface area contributed by atoms with Crippen LogP contribution in [0.2, 0.25) is 0 Å². The molecule has 1 unspecified atom stereocenters. The molecule has 2 heterocycles. The van der Waals surface area contributed by atoms with Crippen LogP contribution in [0.5, 0.6) is 0 Å². The van der Waals surface area contributed by atoms with E-state index in [0.29, 0.717) is 35.7 Å². The van der Waals surface area contributed by atoms with Crippen molar-refractivity contribution in [2.24, 2.45) is 5.41 Å². The molecule has 1 atom stereocenters. The van der Waals surface area contributed by atoms with E-state index in [1.165, 1.54) is 6.07 Å². The van der Waals surface area contributed by atoms with Gasteiger partial charge >= 0.3 is 0 Å². The molecule has 28 heavy (non-hydrogen) atoms. The molecule has 7 nitrogen and oxygen atoms in total. The Labute approximate surface area is 164 Å². The first-order chi connectivity index (χ1) is 13.1. The molecule has 3 rings (SSSR count). The van der Waals surface area contributed by atoms with E-state index in [2.05, 4.69) is 15.3 Å². The number of aryl methyl sites for hydroxylation is 1. The number of nitrogens with one attached hydrogen (secondary N) is 2. The maximum atomic E-state index is 12.8. The van der Waals surface area contributed by atoms with Gasteiger partial charge in [-0.3, -0.25) is 14.4 Å². The zero-order valence-corrected chi connectivity index (χ0v) is 16.7. The highest BCUT2D eigenvalue weighted by Crippen LogP contribution is 2.27. The van der Waals surface area contributed by atoms with E-state index in [-0.39, 0.29) is 17.4 Å². The average Bonchev–Trinajstić information content (AvgIpc) is 3.09. The van der Waals surface area contributed by atoms with Gasteiger partial charge in [0, 0.05) is 35.0 Å². The summed E-state index contributed by atoms with van der Waals surface area (Å²) in [7, 11) is 0. The molecule has 2 aromatic rings. The van der Waals surface area contributed by atoms with Crippen LogP contribution in [0.3, 0.4) is 0 Å². The first kappa shape index (κ1) is 19.8. The maximum absolute atomic E-state index is 12.8. The van der Waals surface area contributed by atoms with Crippen LogP contribution in [0.1, 0.15) is 39.3 Å². The van der Waals surface area contributed by atoms with Crippen molar-refractivity contribution in [3.8, 4) is 11.4 Å². The summed E-state index contributed by atoms with van der Waals surface area (Å²) < 4.78 is 0. The number of carbonyl (C=O) groups excluding carboxylic acids is 2. The number of H-pyrrole nitrogens is 1. The number of benzene rings is 1. The quantitative estimate of drug-likeness (QED) is 0.853. The second-order valence-electron chi connectivity index (χ2n) is 8.21. The van der Waals surface area contributed by atoms with Crippen molar-refractivity contribution in [3.63, 3.8) is 0 Å². The minimum atomic E-state index is -0.522. The summed E-state index contributed by atoms with van der Waals surface area (Å²) in [5.74, 6) is 0.241. The monoisotopic (exact) mass is 382 g/mol. The van der Waals surface area contributed by atoms with Crippen molar-refractivity contribution in [2.45, 2.75) is 46.6 Å². The molecule has 148 valence electrons. The lowest BCUT2D eigenvalue weighted by Crippen LogP contribution is -2.47. The Balaban J connectivity index is 1.79. The third kappa shape index (κ3) is 4.30. The molecule has 7 heteroatoms. The van der Waals surface area contributed by atoms with E-state index in [1.807, 2.05) is 26.8 Å². The van der Waals surface area contributed by atoms with Gasteiger partial charge in [-0.1, -0.05) is 32.9 Å². The number of nitrogens with zero attached hydrogens (tertiary/aromatic N) is 2. The fraction of sp³-hybridized carbons (Fsp3) is 0.429. The molecule has 1 aromatic heterocycles. The van der Waals surface area contributed by atoms with Crippen LogP contribution in [-0.4, -0.2) is 39.3 Å². The van der Waals surface area contributed by atoms with Crippen molar-refractivity contribution < 1.29 is 9.59 Å². The summed E-state index contributed by atoms with van der Waals surface area (Å²) in [4.78, 5) is 45.9. The fourth-order valence-electron chi connectivity index (χ4n) is 3.40. The number of rotatable bonds is 3. The molecular weight excluding hydrogens is 356 g/mol. The van der Waals surface area contributed by atoms with Gasteiger partial charge in [0.05, 0.1) is 0 Å². The molecule has 0 bridgehead atoms. The molecule has 1 aliphatic rings. The zero-order valence-electron chi connectivity index (χ0n) is 16.7. The van der Waals surface area contributed by atoms with Crippen molar-refractivity contribution in [3.05, 3.63) is 46.4 Å². The van der Waals surface area contributed by atoms with Crippen LogP contribution < -0.4 is 10.9 Å². The van der Waals surface area contributed by atoms with Crippen LogP contribution in [0, 0.1) is 12.3 Å². The Bertz CT molecular complexity index is 959. The first-order valence-electron chi connectivity index (χ1n) is 9.45. The fourth-order valence-corrected chi connectivity index (χ4v) is 3.40. The van der Waals surface area contributed by atoms with Crippen LogP contribution in [0.25, 0.3) is 11.4 Å². The third-order valence-electron chi connectivity index (χ3n) is 4.73. The molecule has 0 aliphatic carbocycles. The van der Waals surface area contributed by atoms with Gasteiger partial charge in [-0.25, -0.2) is 4.98 Å². The van der Waals surface area contributed by atoms with Gasteiger partial charge in [-0.2, -0.15) is 0 Å². The topological polar surface area (TPSA) is 95.2 Å². The summed E-state index contributed by atoms with van der Waals surface area (Å²) in [6, 6.07) is 8.11. The van der Waals surface area contributed by atoms with Gasteiger partial charge in [0.15, 0.2) is 0 Å². The minimum Gasteiger partial charge on any atom is -0.330 e. The van der Waals surface area contributed by atoms with E-state index in [4.69, 9.17) is 0 Å². The number of aromatic nitrogens is 2. The van der Waals surface area contributed by atoms with Crippen molar-refractivity contribution in [1.82, 2.24) is 14.9 Å². The van der Waals surface area contributed by atoms with Gasteiger partial charge in [-0.05, 0) is 31.9 Å². The third-order valence-corrected chi connectivity index (χ3v) is 4.73. The van der Waals surface area contributed by atoms with E-state index >= 15 is 0 Å². The lowest BCUT2D eigenvalue weighted by Gasteiger charge is -2.30. The second kappa shape index (κ2) is 7.58. The molecule has 2 N–H and O–H groups in total. The summed E-state index contributed by atoms with van der Waals surface area (Å²) >= 11 is 0. The van der Waals surface area contributed by atoms with E-state index in [0.717, 1.165) is 6.42 Å². The number of amides is 2. The van der Waals surface area contributed by atoms with Crippen LogP contribution in [0.15, 0.2) is 35.1 Å². The van der Waals surface area contributed by atoms with Gasteiger partial charge in [0.1, 0.15) is 11.9 Å². The average molecular weight is 382 g/mol. The highest BCUT2D eigenvalue weighted by Gasteiger charge is 2.38. The Morgan fingerprint density at radius 3 is 2.68 bits per heavy atom. The highest BCUT2D eigenvalue weighted by atomic mass is 16.2. The normalized spacial score (nSPS) is 16.9.